The van der Waals surface area contributed by atoms with Crippen molar-refractivity contribution in [1.29, 1.82) is 0 Å². The standard InChI is InChI=1S/C28H33NO5/c1-6-33-24-12-8-18(16-26(24)31-4)14-20-22-10-11-23(29(22)3)21(28(20)30)15-19-9-13-25(34-7-2)27(17-19)32-5/h8-9,12-17,22-23H,6-7,10-11H2,1-5H3/b20-14-,21-15+. The lowest BCUT2D eigenvalue weighted by Crippen LogP contribution is -2.43. The summed E-state index contributed by atoms with van der Waals surface area (Å²) < 4.78 is 22.3. The van der Waals surface area contributed by atoms with Crippen molar-refractivity contribution in [2.75, 3.05) is 34.5 Å². The molecule has 0 aromatic heterocycles. The van der Waals surface area contributed by atoms with Gasteiger partial charge in [0.15, 0.2) is 28.8 Å². The molecule has 6 nitrogen and oxygen atoms in total. The summed E-state index contributed by atoms with van der Waals surface area (Å²) in [5.74, 6) is 2.82. The number of fused-ring (bicyclic) bond motifs is 2. The highest BCUT2D eigenvalue weighted by Crippen LogP contribution is 2.41. The Balaban J connectivity index is 1.71. The summed E-state index contributed by atoms with van der Waals surface area (Å²) in [6, 6.07) is 11.8. The maximum atomic E-state index is 13.7. The van der Waals surface area contributed by atoms with Gasteiger partial charge in [-0.2, -0.15) is 0 Å². The van der Waals surface area contributed by atoms with Crippen molar-refractivity contribution in [1.82, 2.24) is 4.90 Å². The van der Waals surface area contributed by atoms with Crippen LogP contribution in [0.2, 0.25) is 0 Å². The van der Waals surface area contributed by atoms with Gasteiger partial charge in [-0.3, -0.25) is 9.69 Å². The van der Waals surface area contributed by atoms with Crippen molar-refractivity contribution in [3.05, 3.63) is 58.7 Å². The normalized spacial score (nSPS) is 22.3. The first kappa shape index (κ1) is 23.9. The molecule has 180 valence electrons. The highest BCUT2D eigenvalue weighted by atomic mass is 16.5. The zero-order chi connectivity index (χ0) is 24.2. The number of hydrogen-bond acceptors (Lipinski definition) is 6. The molecule has 2 aromatic rings. The fourth-order valence-corrected chi connectivity index (χ4v) is 4.94. The van der Waals surface area contributed by atoms with Gasteiger partial charge in [0.25, 0.3) is 0 Å². The molecule has 2 atom stereocenters. The second kappa shape index (κ2) is 10.3. The molecule has 2 bridgehead atoms. The van der Waals surface area contributed by atoms with E-state index in [9.17, 15) is 4.79 Å². The Labute approximate surface area is 201 Å². The first-order valence-electron chi connectivity index (χ1n) is 11.8. The van der Waals surface area contributed by atoms with Crippen LogP contribution >= 0.6 is 0 Å². The van der Waals surface area contributed by atoms with Crippen LogP contribution in [0, 0.1) is 0 Å². The summed E-state index contributed by atoms with van der Waals surface area (Å²) in [7, 11) is 5.36. The number of Topliss-reactive ketones (excluding diaryl/α,β-unsaturated/α-hetero) is 1. The first-order chi connectivity index (χ1) is 16.5. The number of piperidine rings is 1. The Hall–Kier alpha value is -3.25. The third kappa shape index (κ3) is 4.55. The molecule has 2 fully saturated rings. The zero-order valence-corrected chi connectivity index (χ0v) is 20.6. The van der Waals surface area contributed by atoms with Crippen LogP contribution in [-0.2, 0) is 4.79 Å². The van der Waals surface area contributed by atoms with Crippen molar-refractivity contribution in [3.63, 3.8) is 0 Å². The molecule has 0 saturated carbocycles. The van der Waals surface area contributed by atoms with Crippen molar-refractivity contribution >= 4 is 17.9 Å². The molecular formula is C28H33NO5. The van der Waals surface area contributed by atoms with Crippen LogP contribution in [0.1, 0.15) is 37.8 Å². The average Bonchev–Trinajstić information content (AvgIpc) is 3.16. The Bertz CT molecular complexity index is 1030. The molecule has 2 aliphatic heterocycles. The summed E-state index contributed by atoms with van der Waals surface area (Å²) in [6.07, 6.45) is 5.90. The lowest BCUT2D eigenvalue weighted by atomic mass is 9.88. The maximum absolute atomic E-state index is 13.7. The van der Waals surface area contributed by atoms with E-state index in [1.807, 2.05) is 62.4 Å². The number of rotatable bonds is 8. The fraction of sp³-hybridized carbons (Fsp3) is 0.393. The topological polar surface area (TPSA) is 57.2 Å². The van der Waals surface area contributed by atoms with E-state index in [0.29, 0.717) is 36.2 Å². The molecule has 34 heavy (non-hydrogen) atoms. The van der Waals surface area contributed by atoms with Gasteiger partial charge in [0.1, 0.15) is 0 Å². The van der Waals surface area contributed by atoms with Crippen molar-refractivity contribution < 1.29 is 23.7 Å². The van der Waals surface area contributed by atoms with Gasteiger partial charge in [0.2, 0.25) is 0 Å². The number of carbonyl (C=O) groups is 1. The molecule has 4 rings (SSSR count). The highest BCUT2D eigenvalue weighted by molar-refractivity contribution is 6.16. The minimum atomic E-state index is 0.103. The molecular weight excluding hydrogens is 430 g/mol. The number of ketones is 1. The Morgan fingerprint density at radius 3 is 1.62 bits per heavy atom. The van der Waals surface area contributed by atoms with E-state index in [1.54, 1.807) is 14.2 Å². The molecule has 2 aromatic carbocycles. The van der Waals surface area contributed by atoms with E-state index in [4.69, 9.17) is 18.9 Å². The molecule has 2 saturated heterocycles. The number of benzene rings is 2. The van der Waals surface area contributed by atoms with Crippen molar-refractivity contribution in [2.24, 2.45) is 0 Å². The van der Waals surface area contributed by atoms with Crippen LogP contribution in [-0.4, -0.2) is 57.2 Å². The molecule has 6 heteroatoms. The van der Waals surface area contributed by atoms with Gasteiger partial charge in [-0.25, -0.2) is 0 Å². The van der Waals surface area contributed by atoms with Crippen LogP contribution in [0.25, 0.3) is 12.2 Å². The molecule has 2 unspecified atom stereocenters. The first-order valence-corrected chi connectivity index (χ1v) is 11.8. The molecule has 2 heterocycles. The number of ether oxygens (including phenoxy) is 4. The lowest BCUT2D eigenvalue weighted by molar-refractivity contribution is -0.114. The average molecular weight is 464 g/mol. The van der Waals surface area contributed by atoms with Gasteiger partial charge in [0, 0.05) is 23.2 Å². The van der Waals surface area contributed by atoms with Gasteiger partial charge in [-0.1, -0.05) is 12.1 Å². The van der Waals surface area contributed by atoms with Gasteiger partial charge in [-0.15, -0.1) is 0 Å². The largest absolute Gasteiger partial charge is 0.493 e. The molecule has 0 spiro atoms. The molecule has 0 aliphatic carbocycles. The minimum Gasteiger partial charge on any atom is -0.493 e. The minimum absolute atomic E-state index is 0.103. The van der Waals surface area contributed by atoms with Crippen LogP contribution < -0.4 is 18.9 Å². The van der Waals surface area contributed by atoms with Gasteiger partial charge >= 0.3 is 0 Å². The maximum Gasteiger partial charge on any atom is 0.188 e. The van der Waals surface area contributed by atoms with E-state index in [-0.39, 0.29) is 17.9 Å². The monoisotopic (exact) mass is 463 g/mol. The summed E-state index contributed by atoms with van der Waals surface area (Å²) in [4.78, 5) is 16.0. The van der Waals surface area contributed by atoms with Crippen LogP contribution in [0.15, 0.2) is 47.5 Å². The van der Waals surface area contributed by atoms with Gasteiger partial charge in [0.05, 0.1) is 27.4 Å². The Kier molecular flexibility index (Phi) is 7.27. The smallest absolute Gasteiger partial charge is 0.188 e. The van der Waals surface area contributed by atoms with Crippen molar-refractivity contribution in [2.45, 2.75) is 38.8 Å². The van der Waals surface area contributed by atoms with Gasteiger partial charge < -0.3 is 18.9 Å². The van der Waals surface area contributed by atoms with Crippen molar-refractivity contribution in [3.8, 4) is 23.0 Å². The fourth-order valence-electron chi connectivity index (χ4n) is 4.94. The van der Waals surface area contributed by atoms with Crippen LogP contribution in [0.4, 0.5) is 0 Å². The SMILES string of the molecule is CCOc1ccc(/C=C2\C(=O)/C(=C/c3ccc(OCC)c(OC)c3)C3CCC2N3C)cc1OC. The Morgan fingerprint density at radius 2 is 1.24 bits per heavy atom. The number of carbonyl (C=O) groups excluding carboxylic acids is 1. The lowest BCUT2D eigenvalue weighted by Gasteiger charge is -2.34. The number of hydrogen-bond donors (Lipinski definition) is 0. The van der Waals surface area contributed by atoms with E-state index in [0.717, 1.165) is 35.1 Å². The molecule has 2 aliphatic rings. The summed E-state index contributed by atoms with van der Waals surface area (Å²) in [5, 5.41) is 0. The van der Waals surface area contributed by atoms with Crippen LogP contribution in [0.3, 0.4) is 0 Å². The number of methoxy groups -OCH3 is 2. The highest BCUT2D eigenvalue weighted by Gasteiger charge is 2.44. The van der Waals surface area contributed by atoms with Crippen LogP contribution in [0.5, 0.6) is 23.0 Å². The van der Waals surface area contributed by atoms with E-state index in [1.165, 1.54) is 0 Å². The van der Waals surface area contributed by atoms with E-state index < -0.39 is 0 Å². The third-order valence-corrected chi connectivity index (χ3v) is 6.56. The molecule has 0 radical (unpaired) electrons. The molecule has 0 amide bonds. The quantitative estimate of drug-likeness (QED) is 0.513. The van der Waals surface area contributed by atoms with E-state index >= 15 is 0 Å². The Morgan fingerprint density at radius 1 is 0.794 bits per heavy atom. The number of likely N-dealkylation sites (N-methyl/N-ethyl adjacent to an activating group) is 1. The molecule has 0 N–H and O–H groups in total. The summed E-state index contributed by atoms with van der Waals surface area (Å²) >= 11 is 0. The number of nitrogens with zero attached hydrogens (tertiary/aromatic N) is 1. The predicted molar refractivity (Wildman–Crippen MR) is 134 cm³/mol. The zero-order valence-electron chi connectivity index (χ0n) is 20.6. The summed E-state index contributed by atoms with van der Waals surface area (Å²) in [5.41, 5.74) is 3.47. The second-order valence-electron chi connectivity index (χ2n) is 8.49. The van der Waals surface area contributed by atoms with E-state index in [2.05, 4.69) is 11.9 Å². The second-order valence-corrected chi connectivity index (χ2v) is 8.49. The summed E-state index contributed by atoms with van der Waals surface area (Å²) in [6.45, 7) is 5.01. The predicted octanol–water partition coefficient (Wildman–Crippen LogP) is 5.01. The third-order valence-electron chi connectivity index (χ3n) is 6.56. The van der Waals surface area contributed by atoms with Gasteiger partial charge in [-0.05, 0) is 81.3 Å².